The number of nitrogens with two attached hydrogens (primary N) is 2. The Hall–Kier alpha value is -6.55. The van der Waals surface area contributed by atoms with E-state index in [9.17, 15) is 10.2 Å². The first-order chi connectivity index (χ1) is 27.2. The number of fused-ring (bicyclic) bond motifs is 4. The van der Waals surface area contributed by atoms with Crippen LogP contribution in [0.25, 0.3) is 27.8 Å². The summed E-state index contributed by atoms with van der Waals surface area (Å²) in [5.41, 5.74) is 25.4. The van der Waals surface area contributed by atoms with Crippen LogP contribution in [0.2, 0.25) is 0 Å². The van der Waals surface area contributed by atoms with Crippen LogP contribution in [-0.4, -0.2) is 40.0 Å². The monoisotopic (exact) mass is 745 g/mol. The fourth-order valence-electron chi connectivity index (χ4n) is 7.81. The molecule has 1 aliphatic carbocycles. The van der Waals surface area contributed by atoms with Crippen molar-refractivity contribution in [2.24, 2.45) is 4.99 Å². The lowest BCUT2D eigenvalue weighted by atomic mass is 9.94. The summed E-state index contributed by atoms with van der Waals surface area (Å²) < 4.78 is 2.17. The molecule has 0 saturated heterocycles. The zero-order chi connectivity index (χ0) is 38.8. The number of allylic oxidation sites excluding steroid dienone is 1. The van der Waals surface area contributed by atoms with Crippen molar-refractivity contribution >= 4 is 61.9 Å². The SMILES string of the molecule is CC1=CC2=Nc3cc(O)c(N)cc3N(c3ccccc3)C2C=C1NCCCCCCCCNc1cc2c(cc1C)nc1cc(O)c(N)cc1[n+]2-c1ccccc1. The second kappa shape index (κ2) is 15.7. The van der Waals surface area contributed by atoms with Crippen LogP contribution in [0.4, 0.5) is 34.1 Å². The summed E-state index contributed by atoms with van der Waals surface area (Å²) in [5.74, 6) is 0.0780. The molecule has 1 aliphatic heterocycles. The Morgan fingerprint density at radius 1 is 0.714 bits per heavy atom. The van der Waals surface area contributed by atoms with Crippen molar-refractivity contribution in [3.8, 4) is 17.2 Å². The molecule has 2 aliphatic rings. The molecule has 1 aromatic heterocycles. The van der Waals surface area contributed by atoms with E-state index in [-0.39, 0.29) is 17.5 Å². The highest BCUT2D eigenvalue weighted by Gasteiger charge is 2.33. The van der Waals surface area contributed by atoms with Crippen LogP contribution in [-0.2, 0) is 0 Å². The van der Waals surface area contributed by atoms with Crippen molar-refractivity contribution in [2.45, 2.75) is 58.4 Å². The molecule has 284 valence electrons. The molecular weight excluding hydrogens is 697 g/mol. The Balaban J connectivity index is 0.842. The Morgan fingerprint density at radius 3 is 2.09 bits per heavy atom. The van der Waals surface area contributed by atoms with Crippen LogP contribution in [0.15, 0.2) is 125 Å². The third-order valence-corrected chi connectivity index (χ3v) is 10.8. The average molecular weight is 746 g/mol. The topological polar surface area (TPSA) is 149 Å². The molecule has 1 atom stereocenters. The minimum absolute atomic E-state index is 0.0348. The van der Waals surface area contributed by atoms with Crippen molar-refractivity contribution in [1.82, 2.24) is 10.3 Å². The van der Waals surface area contributed by atoms with Gasteiger partial charge in [0.05, 0.1) is 34.5 Å². The molecule has 6 aromatic rings. The van der Waals surface area contributed by atoms with Crippen molar-refractivity contribution in [3.63, 3.8) is 0 Å². The normalized spacial score (nSPS) is 14.9. The molecule has 5 aromatic carbocycles. The molecular formula is C46H49N8O2+. The number of rotatable bonds is 13. The second-order valence-electron chi connectivity index (χ2n) is 14.8. The fourth-order valence-corrected chi connectivity index (χ4v) is 7.81. The quantitative estimate of drug-likeness (QED) is 0.0226. The third kappa shape index (κ3) is 7.30. The summed E-state index contributed by atoms with van der Waals surface area (Å²) in [4.78, 5) is 12.1. The Kier molecular flexibility index (Phi) is 10.2. The van der Waals surface area contributed by atoms with Gasteiger partial charge in [-0.05, 0) is 74.2 Å². The summed E-state index contributed by atoms with van der Waals surface area (Å²) in [7, 11) is 0. The van der Waals surface area contributed by atoms with Gasteiger partial charge in [0.2, 0.25) is 16.7 Å². The standard InChI is InChI=1S/C46H48N8O2/c1-29-21-37-43(53(31-15-9-7-10-16-31)41-23-33(47)45(55)27-39(41)51-37)25-35(29)49-19-13-5-3-4-6-14-20-50-36-26-44-38(22-30(36)2)52-40-28-46(56)34(48)24-42(40)54(44)32-17-11-8-12-18-32/h7-12,15-18,21-28,43,49H,3-6,13-14,19-20H2,1-2H3,(H6,47,48,50,52,55,56)/p+1. The molecule has 8 rings (SSSR count). The van der Waals surface area contributed by atoms with Crippen LogP contribution in [0, 0.1) is 6.92 Å². The number of hydrogen-bond acceptors (Lipinski definition) is 9. The smallest absolute Gasteiger partial charge is 0.239 e. The van der Waals surface area contributed by atoms with Crippen LogP contribution in [0.5, 0.6) is 11.5 Å². The lowest BCUT2D eigenvalue weighted by Crippen LogP contribution is -2.41. The predicted molar refractivity (Wildman–Crippen MR) is 230 cm³/mol. The number of aryl methyl sites for hydroxylation is 1. The summed E-state index contributed by atoms with van der Waals surface area (Å²) in [6.45, 7) is 6.03. The molecule has 0 radical (unpaired) electrons. The predicted octanol–water partition coefficient (Wildman–Crippen LogP) is 9.03. The summed E-state index contributed by atoms with van der Waals surface area (Å²) in [6.07, 6.45) is 11.3. The molecule has 1 unspecified atom stereocenters. The first kappa shape index (κ1) is 36.4. The number of aromatic nitrogens is 2. The highest BCUT2D eigenvalue weighted by molar-refractivity contribution is 6.11. The van der Waals surface area contributed by atoms with Gasteiger partial charge in [-0.25, -0.2) is 9.98 Å². The molecule has 0 amide bonds. The molecule has 8 N–H and O–H groups in total. The van der Waals surface area contributed by atoms with Gasteiger partial charge in [0.1, 0.15) is 22.5 Å². The van der Waals surface area contributed by atoms with Gasteiger partial charge in [0.15, 0.2) is 0 Å². The van der Waals surface area contributed by atoms with Gasteiger partial charge >= 0.3 is 0 Å². The van der Waals surface area contributed by atoms with Gasteiger partial charge in [0, 0.05) is 66.6 Å². The largest absolute Gasteiger partial charge is 0.506 e. The van der Waals surface area contributed by atoms with Crippen molar-refractivity contribution < 1.29 is 14.8 Å². The maximum absolute atomic E-state index is 10.3. The fraction of sp³-hybridized carbons (Fsp3) is 0.239. The molecule has 2 heterocycles. The van der Waals surface area contributed by atoms with Gasteiger partial charge in [-0.3, -0.25) is 0 Å². The zero-order valence-electron chi connectivity index (χ0n) is 32.0. The van der Waals surface area contributed by atoms with E-state index in [1.165, 1.54) is 25.7 Å². The van der Waals surface area contributed by atoms with E-state index in [2.05, 4.69) is 82.5 Å². The van der Waals surface area contributed by atoms with Crippen molar-refractivity contribution in [2.75, 3.05) is 34.8 Å². The molecule has 10 heteroatoms. The van der Waals surface area contributed by atoms with E-state index in [0.717, 1.165) is 87.8 Å². The summed E-state index contributed by atoms with van der Waals surface area (Å²) in [6, 6.07) is 31.5. The Labute approximate surface area is 327 Å². The number of nitrogens with zero attached hydrogens (tertiary/aromatic N) is 4. The zero-order valence-corrected chi connectivity index (χ0v) is 32.0. The summed E-state index contributed by atoms with van der Waals surface area (Å²) >= 11 is 0. The maximum atomic E-state index is 10.3. The highest BCUT2D eigenvalue weighted by atomic mass is 16.3. The first-order valence-electron chi connectivity index (χ1n) is 19.5. The molecule has 56 heavy (non-hydrogen) atoms. The number of anilines is 5. The van der Waals surface area contributed by atoms with Crippen molar-refractivity contribution in [3.05, 3.63) is 126 Å². The van der Waals surface area contributed by atoms with Gasteiger partial charge in [0.25, 0.3) is 0 Å². The number of nitrogens with one attached hydrogen (secondary N) is 2. The number of hydrogen-bond donors (Lipinski definition) is 6. The lowest BCUT2D eigenvalue weighted by molar-refractivity contribution is -0.538. The van der Waals surface area contributed by atoms with Crippen LogP contribution < -0.4 is 31.6 Å². The lowest BCUT2D eigenvalue weighted by Gasteiger charge is -2.38. The number of unbranched alkanes of at least 4 members (excludes halogenated alkanes) is 5. The molecule has 0 bridgehead atoms. The van der Waals surface area contributed by atoms with Gasteiger partial charge < -0.3 is 37.2 Å². The average Bonchev–Trinajstić information content (AvgIpc) is 3.19. The van der Waals surface area contributed by atoms with Gasteiger partial charge in [-0.15, -0.1) is 4.57 Å². The maximum Gasteiger partial charge on any atom is 0.239 e. The van der Waals surface area contributed by atoms with E-state index in [1.54, 1.807) is 18.2 Å². The molecule has 0 spiro atoms. The summed E-state index contributed by atoms with van der Waals surface area (Å²) in [5, 5.41) is 28.1. The van der Waals surface area contributed by atoms with Gasteiger partial charge in [-0.2, -0.15) is 0 Å². The van der Waals surface area contributed by atoms with Crippen LogP contribution >= 0.6 is 0 Å². The molecule has 0 saturated carbocycles. The second-order valence-corrected chi connectivity index (χ2v) is 14.8. The third-order valence-electron chi connectivity index (χ3n) is 10.8. The number of benzene rings is 5. The minimum Gasteiger partial charge on any atom is -0.506 e. The minimum atomic E-state index is -0.0944. The highest BCUT2D eigenvalue weighted by Crippen LogP contribution is 2.45. The number of para-hydroxylation sites is 2. The number of phenols is 2. The van der Waals surface area contributed by atoms with E-state index in [1.807, 2.05) is 42.5 Å². The Morgan fingerprint density at radius 2 is 1.34 bits per heavy atom. The Bertz CT molecular complexity index is 2510. The number of aromatic hydroxyl groups is 2. The van der Waals surface area contributed by atoms with Crippen molar-refractivity contribution in [1.29, 1.82) is 0 Å². The number of nitrogen functional groups attached to an aromatic ring is 2. The first-order valence-corrected chi connectivity index (χ1v) is 19.5. The van der Waals surface area contributed by atoms with E-state index in [0.29, 0.717) is 22.6 Å². The molecule has 0 fully saturated rings. The van der Waals surface area contributed by atoms with Crippen LogP contribution in [0.1, 0.15) is 51.0 Å². The molecule has 10 nitrogen and oxygen atoms in total. The van der Waals surface area contributed by atoms with E-state index < -0.39 is 0 Å². The number of phenolic OH excluding ortho intramolecular Hbond substituents is 2. The van der Waals surface area contributed by atoms with Gasteiger partial charge in [-0.1, -0.05) is 62.1 Å². The van der Waals surface area contributed by atoms with E-state index in [4.69, 9.17) is 21.4 Å². The van der Waals surface area contributed by atoms with E-state index >= 15 is 0 Å². The number of aliphatic imine (C=N–C) groups is 1. The van der Waals surface area contributed by atoms with Crippen LogP contribution in [0.3, 0.4) is 0 Å².